The van der Waals surface area contributed by atoms with Gasteiger partial charge in [0.1, 0.15) is 24.0 Å². The number of rotatable bonds is 8. The molecule has 4 rings (SSSR count). The van der Waals surface area contributed by atoms with Gasteiger partial charge in [0.15, 0.2) is 6.29 Å². The molecule has 3 aromatic carbocycles. The van der Waals surface area contributed by atoms with Crippen LogP contribution in [0.2, 0.25) is 0 Å². The lowest BCUT2D eigenvalue weighted by molar-refractivity contribution is 0.110. The molecule has 162 valence electrons. The Bertz CT molecular complexity index is 1260. The number of aromatic nitrogens is 1. The maximum atomic E-state index is 15.0. The number of pyridine rings is 1. The van der Waals surface area contributed by atoms with Gasteiger partial charge in [0.25, 0.3) is 0 Å². The van der Waals surface area contributed by atoms with Crippen molar-refractivity contribution in [2.45, 2.75) is 6.92 Å². The van der Waals surface area contributed by atoms with Gasteiger partial charge in [-0.05, 0) is 55.0 Å². The summed E-state index contributed by atoms with van der Waals surface area (Å²) in [5, 5.41) is 0.421. The second-order valence-electron chi connectivity index (χ2n) is 7.14. The van der Waals surface area contributed by atoms with Gasteiger partial charge in [-0.25, -0.2) is 13.8 Å². The first-order valence-electron chi connectivity index (χ1n) is 10.3. The topological polar surface area (TPSA) is 48.4 Å². The maximum Gasteiger partial charge on any atom is 0.150 e. The second-order valence-corrected chi connectivity index (χ2v) is 7.14. The molecule has 0 atom stereocenters. The highest BCUT2D eigenvalue weighted by molar-refractivity contribution is 5.98. The van der Waals surface area contributed by atoms with E-state index in [2.05, 4.69) is 4.98 Å². The van der Waals surface area contributed by atoms with Gasteiger partial charge in [-0.3, -0.25) is 4.79 Å². The van der Waals surface area contributed by atoms with Crippen LogP contribution in [0, 0.1) is 11.6 Å². The minimum absolute atomic E-state index is 0.300. The molecule has 0 aliphatic rings. The van der Waals surface area contributed by atoms with Crippen molar-refractivity contribution in [3.05, 3.63) is 83.9 Å². The van der Waals surface area contributed by atoms with Crippen LogP contribution in [-0.4, -0.2) is 31.1 Å². The summed E-state index contributed by atoms with van der Waals surface area (Å²) in [6.07, 6.45) is 0.648. The Labute approximate surface area is 184 Å². The molecule has 0 unspecified atom stereocenters. The van der Waals surface area contributed by atoms with E-state index >= 15 is 0 Å². The SMILES string of the molecule is CCOCCOc1ccc(-c2ccc(-c3cc(C=O)c4cc(F)ccc4n3)cc2F)cc1. The van der Waals surface area contributed by atoms with Crippen LogP contribution >= 0.6 is 0 Å². The molecule has 0 bridgehead atoms. The largest absolute Gasteiger partial charge is 0.491 e. The zero-order valence-corrected chi connectivity index (χ0v) is 17.5. The van der Waals surface area contributed by atoms with Gasteiger partial charge in [-0.1, -0.05) is 24.3 Å². The highest BCUT2D eigenvalue weighted by atomic mass is 19.1. The molecule has 0 aliphatic carbocycles. The Hall–Kier alpha value is -3.64. The van der Waals surface area contributed by atoms with Crippen molar-refractivity contribution in [1.82, 2.24) is 4.98 Å². The van der Waals surface area contributed by atoms with Gasteiger partial charge >= 0.3 is 0 Å². The number of benzene rings is 3. The van der Waals surface area contributed by atoms with Crippen molar-refractivity contribution in [2.75, 3.05) is 19.8 Å². The molecule has 0 spiro atoms. The summed E-state index contributed by atoms with van der Waals surface area (Å²) in [5.74, 6) is -0.180. The number of halogens is 2. The fourth-order valence-electron chi connectivity index (χ4n) is 3.47. The van der Waals surface area contributed by atoms with Gasteiger partial charge in [0.05, 0.1) is 17.8 Å². The van der Waals surface area contributed by atoms with E-state index in [0.29, 0.717) is 70.7 Å². The van der Waals surface area contributed by atoms with E-state index in [-0.39, 0.29) is 0 Å². The third-order valence-electron chi connectivity index (χ3n) is 5.06. The first kappa shape index (κ1) is 21.6. The molecule has 0 saturated carbocycles. The molecule has 0 saturated heterocycles. The molecule has 0 fully saturated rings. The van der Waals surface area contributed by atoms with E-state index < -0.39 is 11.6 Å². The van der Waals surface area contributed by atoms with E-state index in [0.717, 1.165) is 0 Å². The molecule has 32 heavy (non-hydrogen) atoms. The third kappa shape index (κ3) is 4.65. The van der Waals surface area contributed by atoms with Gasteiger partial charge in [0, 0.05) is 28.7 Å². The van der Waals surface area contributed by atoms with Crippen molar-refractivity contribution >= 4 is 17.2 Å². The normalized spacial score (nSPS) is 11.0. The quantitative estimate of drug-likeness (QED) is 0.250. The Morgan fingerprint density at radius 1 is 0.906 bits per heavy atom. The fraction of sp³-hybridized carbons (Fsp3) is 0.154. The number of ether oxygens (including phenoxy) is 2. The Morgan fingerprint density at radius 3 is 2.41 bits per heavy atom. The van der Waals surface area contributed by atoms with Crippen LogP contribution in [0.1, 0.15) is 17.3 Å². The molecule has 4 aromatic rings. The molecule has 4 nitrogen and oxygen atoms in total. The Morgan fingerprint density at radius 2 is 1.69 bits per heavy atom. The predicted molar refractivity (Wildman–Crippen MR) is 120 cm³/mol. The Balaban J connectivity index is 1.60. The maximum absolute atomic E-state index is 15.0. The molecular weight excluding hydrogens is 412 g/mol. The van der Waals surface area contributed by atoms with Gasteiger partial charge in [-0.15, -0.1) is 0 Å². The summed E-state index contributed by atoms with van der Waals surface area (Å²) in [4.78, 5) is 16.0. The first-order valence-corrected chi connectivity index (χ1v) is 10.3. The zero-order chi connectivity index (χ0) is 22.5. The lowest BCUT2D eigenvalue weighted by atomic mass is 10.00. The van der Waals surface area contributed by atoms with Crippen molar-refractivity contribution in [2.24, 2.45) is 0 Å². The lowest BCUT2D eigenvalue weighted by Gasteiger charge is -2.10. The van der Waals surface area contributed by atoms with Crippen LogP contribution in [-0.2, 0) is 4.74 Å². The summed E-state index contributed by atoms with van der Waals surface area (Å²) in [7, 11) is 0. The van der Waals surface area contributed by atoms with Crippen molar-refractivity contribution in [1.29, 1.82) is 0 Å². The summed E-state index contributed by atoms with van der Waals surface area (Å²) in [6, 6.07) is 17.6. The second kappa shape index (κ2) is 9.66. The molecular formula is C26H21F2NO3. The van der Waals surface area contributed by atoms with E-state index in [1.807, 2.05) is 6.92 Å². The van der Waals surface area contributed by atoms with Gasteiger partial charge < -0.3 is 9.47 Å². The highest BCUT2D eigenvalue weighted by Crippen LogP contribution is 2.30. The third-order valence-corrected chi connectivity index (χ3v) is 5.06. The van der Waals surface area contributed by atoms with E-state index in [9.17, 15) is 13.6 Å². The number of hydrogen-bond acceptors (Lipinski definition) is 4. The van der Waals surface area contributed by atoms with Crippen molar-refractivity contribution in [3.8, 4) is 28.1 Å². The predicted octanol–water partition coefficient (Wildman–Crippen LogP) is 6.07. The van der Waals surface area contributed by atoms with Gasteiger partial charge in [0.2, 0.25) is 0 Å². The summed E-state index contributed by atoms with van der Waals surface area (Å²) in [5.41, 5.74) is 2.88. The zero-order valence-electron chi connectivity index (χ0n) is 17.5. The number of fused-ring (bicyclic) bond motifs is 1. The molecule has 0 amide bonds. The van der Waals surface area contributed by atoms with Gasteiger partial charge in [-0.2, -0.15) is 0 Å². The number of carbonyl (C=O) groups excluding carboxylic acids is 1. The first-order chi connectivity index (χ1) is 15.6. The monoisotopic (exact) mass is 433 g/mol. The van der Waals surface area contributed by atoms with Crippen LogP contribution in [0.25, 0.3) is 33.3 Å². The van der Waals surface area contributed by atoms with E-state index in [1.54, 1.807) is 36.4 Å². The molecule has 6 heteroatoms. The van der Waals surface area contributed by atoms with E-state index in [1.165, 1.54) is 30.3 Å². The van der Waals surface area contributed by atoms with Crippen LogP contribution in [0.3, 0.4) is 0 Å². The number of aldehydes is 1. The van der Waals surface area contributed by atoms with Crippen LogP contribution in [0.5, 0.6) is 5.75 Å². The summed E-state index contributed by atoms with van der Waals surface area (Å²) in [6.45, 7) is 3.52. The lowest BCUT2D eigenvalue weighted by Crippen LogP contribution is -2.06. The highest BCUT2D eigenvalue weighted by Gasteiger charge is 2.12. The van der Waals surface area contributed by atoms with Crippen LogP contribution in [0.15, 0.2) is 66.7 Å². The average Bonchev–Trinajstić information content (AvgIpc) is 2.81. The minimum atomic E-state index is -0.448. The number of hydrogen-bond donors (Lipinski definition) is 0. The minimum Gasteiger partial charge on any atom is -0.491 e. The molecule has 0 N–H and O–H groups in total. The van der Waals surface area contributed by atoms with Crippen LogP contribution < -0.4 is 4.74 Å². The number of nitrogens with zero attached hydrogens (tertiary/aromatic N) is 1. The van der Waals surface area contributed by atoms with Crippen LogP contribution in [0.4, 0.5) is 8.78 Å². The fourth-order valence-corrected chi connectivity index (χ4v) is 3.47. The average molecular weight is 433 g/mol. The van der Waals surface area contributed by atoms with Crippen molar-refractivity contribution in [3.63, 3.8) is 0 Å². The van der Waals surface area contributed by atoms with Crippen molar-refractivity contribution < 1.29 is 23.0 Å². The summed E-state index contributed by atoms with van der Waals surface area (Å²) < 4.78 is 39.3. The van der Waals surface area contributed by atoms with E-state index in [4.69, 9.17) is 9.47 Å². The molecule has 0 aliphatic heterocycles. The smallest absolute Gasteiger partial charge is 0.150 e. The number of carbonyl (C=O) groups is 1. The summed E-state index contributed by atoms with van der Waals surface area (Å²) >= 11 is 0. The molecule has 1 heterocycles. The standard InChI is InChI=1S/C26H21F2NO3/c1-2-31-11-12-32-21-7-3-17(4-8-21)22-9-5-18(13-24(22)28)26-14-19(16-30)23-15-20(27)6-10-25(23)29-26/h3-10,13-16H,2,11-12H2,1H3. The molecule has 0 radical (unpaired) electrons. The Kier molecular flexibility index (Phi) is 6.52. The molecule has 1 aromatic heterocycles.